The van der Waals surface area contributed by atoms with E-state index in [0.717, 1.165) is 12.0 Å². The van der Waals surface area contributed by atoms with Crippen LogP contribution in [-0.4, -0.2) is 5.91 Å². The van der Waals surface area contributed by atoms with Gasteiger partial charge >= 0.3 is 0 Å². The van der Waals surface area contributed by atoms with Gasteiger partial charge in [-0.2, -0.15) is 0 Å². The summed E-state index contributed by atoms with van der Waals surface area (Å²) in [6, 6.07) is 16.4. The molecule has 0 aromatic heterocycles. The van der Waals surface area contributed by atoms with E-state index < -0.39 is 0 Å². The zero-order valence-corrected chi connectivity index (χ0v) is 13.9. The summed E-state index contributed by atoms with van der Waals surface area (Å²) in [4.78, 5) is 12.6. The lowest BCUT2D eigenvalue weighted by Gasteiger charge is -2.21. The van der Waals surface area contributed by atoms with Crippen molar-refractivity contribution in [2.45, 2.75) is 46.1 Å². The molecular formula is C20H25NO. The van der Waals surface area contributed by atoms with Gasteiger partial charge in [-0.1, -0.05) is 61.0 Å². The Kier molecular flexibility index (Phi) is 5.37. The summed E-state index contributed by atoms with van der Waals surface area (Å²) in [5.41, 5.74) is 4.70. The van der Waals surface area contributed by atoms with Crippen molar-refractivity contribution >= 4 is 5.91 Å². The van der Waals surface area contributed by atoms with Crippen LogP contribution in [0.4, 0.5) is 0 Å². The molecule has 22 heavy (non-hydrogen) atoms. The minimum atomic E-state index is -0.0891. The molecule has 0 heterocycles. The summed E-state index contributed by atoms with van der Waals surface area (Å²) in [6.45, 7) is 8.28. The molecule has 0 saturated carbocycles. The van der Waals surface area contributed by atoms with Gasteiger partial charge in [-0.05, 0) is 43.9 Å². The summed E-state index contributed by atoms with van der Waals surface area (Å²) in [5, 5.41) is 3.17. The minimum absolute atomic E-state index is 0.0187. The molecule has 2 atom stereocenters. The van der Waals surface area contributed by atoms with Gasteiger partial charge in [0.25, 0.3) is 0 Å². The van der Waals surface area contributed by atoms with E-state index >= 15 is 0 Å². The zero-order chi connectivity index (χ0) is 16.1. The molecule has 2 heteroatoms. The predicted molar refractivity (Wildman–Crippen MR) is 91.9 cm³/mol. The van der Waals surface area contributed by atoms with E-state index in [9.17, 15) is 4.79 Å². The van der Waals surface area contributed by atoms with Crippen molar-refractivity contribution in [3.63, 3.8) is 0 Å². The van der Waals surface area contributed by atoms with Crippen LogP contribution in [0.15, 0.2) is 48.5 Å². The molecule has 0 spiro atoms. The molecule has 0 aliphatic rings. The van der Waals surface area contributed by atoms with E-state index in [1.165, 1.54) is 16.7 Å². The van der Waals surface area contributed by atoms with Crippen molar-refractivity contribution in [3.05, 3.63) is 70.8 Å². The number of carbonyl (C=O) groups excluding carboxylic acids is 1. The molecule has 1 N–H and O–H groups in total. The van der Waals surface area contributed by atoms with Crippen LogP contribution in [0, 0.1) is 13.8 Å². The summed E-state index contributed by atoms with van der Waals surface area (Å²) >= 11 is 0. The standard InChI is InChI=1S/C20H25NO/c1-5-18(17-9-7-6-8-10-17)20(22)21-16(4)19-13-14(2)11-12-15(19)3/h6-13,16,18H,5H2,1-4H3,(H,21,22). The molecule has 0 aliphatic heterocycles. The molecule has 0 saturated heterocycles. The van der Waals surface area contributed by atoms with Crippen molar-refractivity contribution in [1.82, 2.24) is 5.32 Å². The lowest BCUT2D eigenvalue weighted by atomic mass is 9.94. The summed E-state index contributed by atoms with van der Waals surface area (Å²) in [5.74, 6) is 0.0101. The zero-order valence-electron chi connectivity index (χ0n) is 13.9. The molecule has 0 radical (unpaired) electrons. The van der Waals surface area contributed by atoms with Crippen molar-refractivity contribution < 1.29 is 4.79 Å². The molecule has 2 aromatic carbocycles. The fourth-order valence-electron chi connectivity index (χ4n) is 2.88. The number of hydrogen-bond donors (Lipinski definition) is 1. The molecule has 0 fully saturated rings. The molecule has 2 nitrogen and oxygen atoms in total. The first-order valence-electron chi connectivity index (χ1n) is 7.95. The lowest BCUT2D eigenvalue weighted by Crippen LogP contribution is -2.31. The number of hydrogen-bond acceptors (Lipinski definition) is 1. The van der Waals surface area contributed by atoms with Gasteiger partial charge in [-0.15, -0.1) is 0 Å². The van der Waals surface area contributed by atoms with Gasteiger partial charge in [0, 0.05) is 0 Å². The third-order valence-electron chi connectivity index (χ3n) is 4.19. The van der Waals surface area contributed by atoms with Gasteiger partial charge in [0.15, 0.2) is 0 Å². The predicted octanol–water partition coefficient (Wildman–Crippen LogP) is 4.67. The first-order chi connectivity index (χ1) is 10.5. The molecule has 0 bridgehead atoms. The van der Waals surface area contributed by atoms with E-state index in [-0.39, 0.29) is 17.9 Å². The highest BCUT2D eigenvalue weighted by Crippen LogP contribution is 2.23. The molecule has 0 aliphatic carbocycles. The quantitative estimate of drug-likeness (QED) is 0.853. The lowest BCUT2D eigenvalue weighted by molar-refractivity contribution is -0.123. The number of carbonyl (C=O) groups is 1. The van der Waals surface area contributed by atoms with Crippen LogP contribution in [0.2, 0.25) is 0 Å². The average Bonchev–Trinajstić information content (AvgIpc) is 2.51. The second-order valence-corrected chi connectivity index (χ2v) is 5.96. The fraction of sp³-hybridized carbons (Fsp3) is 0.350. The maximum absolute atomic E-state index is 12.6. The first-order valence-corrected chi connectivity index (χ1v) is 7.95. The molecule has 2 unspecified atom stereocenters. The highest BCUT2D eigenvalue weighted by molar-refractivity contribution is 5.84. The molecule has 2 rings (SSSR count). The Bertz CT molecular complexity index is 633. The molecule has 1 amide bonds. The molecular weight excluding hydrogens is 270 g/mol. The van der Waals surface area contributed by atoms with Crippen molar-refractivity contribution in [2.24, 2.45) is 0 Å². The second kappa shape index (κ2) is 7.26. The van der Waals surface area contributed by atoms with Crippen molar-refractivity contribution in [1.29, 1.82) is 0 Å². The topological polar surface area (TPSA) is 29.1 Å². The smallest absolute Gasteiger partial charge is 0.228 e. The average molecular weight is 295 g/mol. The third kappa shape index (κ3) is 3.76. The normalized spacial score (nSPS) is 13.5. The van der Waals surface area contributed by atoms with E-state index in [0.29, 0.717) is 0 Å². The van der Waals surface area contributed by atoms with Crippen molar-refractivity contribution in [3.8, 4) is 0 Å². The molecule has 2 aromatic rings. The van der Waals surface area contributed by atoms with E-state index in [1.54, 1.807) is 0 Å². The van der Waals surface area contributed by atoms with Crippen LogP contribution < -0.4 is 5.32 Å². The second-order valence-electron chi connectivity index (χ2n) is 5.96. The van der Waals surface area contributed by atoms with E-state index in [4.69, 9.17) is 0 Å². The number of amides is 1. The number of aryl methyl sites for hydroxylation is 2. The van der Waals surface area contributed by atoms with Crippen molar-refractivity contribution in [2.75, 3.05) is 0 Å². The summed E-state index contributed by atoms with van der Waals surface area (Å²) in [7, 11) is 0. The fourth-order valence-corrected chi connectivity index (χ4v) is 2.88. The number of benzene rings is 2. The maximum atomic E-state index is 12.6. The Hall–Kier alpha value is -2.09. The molecule has 116 valence electrons. The Balaban J connectivity index is 2.15. The Morgan fingerprint density at radius 2 is 1.77 bits per heavy atom. The van der Waals surface area contributed by atoms with Gasteiger partial charge in [0.05, 0.1) is 12.0 Å². The SMILES string of the molecule is CCC(C(=O)NC(C)c1cc(C)ccc1C)c1ccccc1. The van der Waals surface area contributed by atoms with Gasteiger partial charge in [-0.25, -0.2) is 0 Å². The largest absolute Gasteiger partial charge is 0.349 e. The highest BCUT2D eigenvalue weighted by Gasteiger charge is 2.21. The summed E-state index contributed by atoms with van der Waals surface area (Å²) in [6.07, 6.45) is 0.801. The van der Waals surface area contributed by atoms with Crippen LogP contribution in [-0.2, 0) is 4.79 Å². The van der Waals surface area contributed by atoms with Crippen LogP contribution in [0.3, 0.4) is 0 Å². The van der Waals surface area contributed by atoms with Gasteiger partial charge in [0.1, 0.15) is 0 Å². The number of rotatable bonds is 5. The van der Waals surface area contributed by atoms with Crippen LogP contribution in [0.5, 0.6) is 0 Å². The maximum Gasteiger partial charge on any atom is 0.228 e. The first kappa shape index (κ1) is 16.3. The van der Waals surface area contributed by atoms with Gasteiger partial charge in [0.2, 0.25) is 5.91 Å². The van der Waals surface area contributed by atoms with E-state index in [1.807, 2.05) is 30.3 Å². The van der Waals surface area contributed by atoms with Crippen LogP contribution in [0.25, 0.3) is 0 Å². The van der Waals surface area contributed by atoms with E-state index in [2.05, 4.69) is 51.2 Å². The summed E-state index contributed by atoms with van der Waals surface area (Å²) < 4.78 is 0. The van der Waals surface area contributed by atoms with Gasteiger partial charge in [-0.3, -0.25) is 4.79 Å². The van der Waals surface area contributed by atoms with Crippen LogP contribution in [0.1, 0.15) is 54.5 Å². The number of nitrogens with one attached hydrogen (secondary N) is 1. The monoisotopic (exact) mass is 295 g/mol. The highest BCUT2D eigenvalue weighted by atomic mass is 16.1. The van der Waals surface area contributed by atoms with Gasteiger partial charge < -0.3 is 5.32 Å². The Morgan fingerprint density at radius 3 is 2.41 bits per heavy atom. The third-order valence-corrected chi connectivity index (χ3v) is 4.19. The Labute approximate surface area is 133 Å². The van der Waals surface area contributed by atoms with Crippen LogP contribution >= 0.6 is 0 Å². The Morgan fingerprint density at radius 1 is 1.09 bits per heavy atom. The minimum Gasteiger partial charge on any atom is -0.349 e.